The van der Waals surface area contributed by atoms with Crippen LogP contribution in [0, 0.1) is 0 Å². The van der Waals surface area contributed by atoms with Crippen molar-refractivity contribution in [1.29, 1.82) is 0 Å². The van der Waals surface area contributed by atoms with Gasteiger partial charge in [0.2, 0.25) is 5.88 Å². The zero-order chi connectivity index (χ0) is 12.1. The number of carbonyl (C=O) groups is 1. The number of methoxy groups -OCH3 is 1. The summed E-state index contributed by atoms with van der Waals surface area (Å²) in [5, 5.41) is 12.3. The smallest absolute Gasteiger partial charge is 0.341 e. The summed E-state index contributed by atoms with van der Waals surface area (Å²) >= 11 is 0. The fourth-order valence-corrected chi connectivity index (χ4v) is 1.08. The maximum absolute atomic E-state index is 11.3. The molecule has 1 rings (SSSR count). The third kappa shape index (κ3) is 3.30. The van der Waals surface area contributed by atoms with Crippen LogP contribution in [0.5, 0.6) is 5.88 Å². The molecule has 0 radical (unpaired) electrons. The lowest BCUT2D eigenvalue weighted by Crippen LogP contribution is -2.28. The van der Waals surface area contributed by atoms with E-state index in [4.69, 9.17) is 4.74 Å². The van der Waals surface area contributed by atoms with E-state index >= 15 is 0 Å². The number of hydrogen-bond acceptors (Lipinski definition) is 3. The van der Waals surface area contributed by atoms with Gasteiger partial charge in [-0.3, -0.25) is 0 Å². The van der Waals surface area contributed by atoms with E-state index in [2.05, 4.69) is 10.3 Å². The lowest BCUT2D eigenvalue weighted by Gasteiger charge is -2.05. The second kappa shape index (κ2) is 5.20. The maximum Gasteiger partial charge on any atom is 0.341 e. The first-order valence-electron chi connectivity index (χ1n) is 4.84. The molecule has 16 heavy (non-hydrogen) atoms. The minimum atomic E-state index is -0.423. The molecular formula is C10H15N3O3. The van der Waals surface area contributed by atoms with E-state index in [9.17, 15) is 10.0 Å². The Morgan fingerprint density at radius 2 is 2.31 bits per heavy atom. The zero-order valence-corrected chi connectivity index (χ0v) is 9.47. The van der Waals surface area contributed by atoms with Crippen molar-refractivity contribution in [3.05, 3.63) is 23.7 Å². The molecule has 0 fully saturated rings. The van der Waals surface area contributed by atoms with Crippen LogP contribution in [0.25, 0.3) is 0 Å². The highest BCUT2D eigenvalue weighted by molar-refractivity contribution is 5.75. The van der Waals surface area contributed by atoms with Crippen LogP contribution in [0.2, 0.25) is 0 Å². The van der Waals surface area contributed by atoms with Crippen molar-refractivity contribution < 1.29 is 14.7 Å². The molecule has 88 valence electrons. The molecule has 0 aliphatic carbocycles. The van der Waals surface area contributed by atoms with Crippen molar-refractivity contribution in [3.63, 3.8) is 0 Å². The summed E-state index contributed by atoms with van der Waals surface area (Å²) in [6, 6.07) is 2.57. The largest absolute Gasteiger partial charge is 0.480 e. The van der Waals surface area contributed by atoms with E-state index in [1.54, 1.807) is 0 Å². The van der Waals surface area contributed by atoms with Gasteiger partial charge in [0, 0.05) is 18.3 Å². The quantitative estimate of drug-likeness (QED) is 0.729. The van der Waals surface area contributed by atoms with Crippen LogP contribution in [-0.2, 0) is 0 Å². The summed E-state index contributed by atoms with van der Waals surface area (Å²) in [5.41, 5.74) is 0. The van der Waals surface area contributed by atoms with Gasteiger partial charge in [-0.05, 0) is 19.9 Å². The summed E-state index contributed by atoms with van der Waals surface area (Å²) < 4.78 is 5.67. The van der Waals surface area contributed by atoms with Crippen LogP contribution in [0.3, 0.4) is 0 Å². The highest BCUT2D eigenvalue weighted by atomic mass is 16.5. The number of urea groups is 1. The average Bonchev–Trinajstić information content (AvgIpc) is 2.19. The van der Waals surface area contributed by atoms with Gasteiger partial charge in [-0.1, -0.05) is 0 Å². The summed E-state index contributed by atoms with van der Waals surface area (Å²) in [5.74, 6) is 0.207. The SMILES string of the molecule is COc1c/c(=N/C(=O)NC(C)C)ccn1O. The molecule has 0 atom stereocenters. The van der Waals surface area contributed by atoms with E-state index < -0.39 is 6.03 Å². The van der Waals surface area contributed by atoms with Crippen LogP contribution in [0.1, 0.15) is 13.8 Å². The van der Waals surface area contributed by atoms with Crippen molar-refractivity contribution in [2.75, 3.05) is 7.11 Å². The molecule has 0 saturated heterocycles. The summed E-state index contributed by atoms with van der Waals surface area (Å²) in [6.07, 6.45) is 1.35. The fourth-order valence-electron chi connectivity index (χ4n) is 1.08. The molecule has 0 unspecified atom stereocenters. The highest BCUT2D eigenvalue weighted by Gasteiger charge is 2.01. The third-order valence-corrected chi connectivity index (χ3v) is 1.74. The molecule has 0 spiro atoms. The molecule has 2 amide bonds. The Morgan fingerprint density at radius 1 is 1.62 bits per heavy atom. The number of nitrogens with one attached hydrogen (secondary N) is 1. The van der Waals surface area contributed by atoms with Crippen molar-refractivity contribution >= 4 is 6.03 Å². The van der Waals surface area contributed by atoms with Gasteiger partial charge in [-0.15, -0.1) is 0 Å². The number of aromatic nitrogens is 1. The summed E-state index contributed by atoms with van der Waals surface area (Å²) in [4.78, 5) is 15.1. The first kappa shape index (κ1) is 12.1. The van der Waals surface area contributed by atoms with Gasteiger partial charge in [-0.25, -0.2) is 4.79 Å². The number of rotatable bonds is 2. The second-order valence-corrected chi connectivity index (χ2v) is 3.49. The number of hydrogen-bond donors (Lipinski definition) is 2. The molecule has 1 aromatic rings. The van der Waals surface area contributed by atoms with Gasteiger partial charge in [0.25, 0.3) is 0 Å². The molecule has 1 aromatic heterocycles. The standard InChI is InChI=1S/C10H15N3O3/c1-7(2)11-10(14)12-8-4-5-13(15)9(6-8)16-3/h4-7,15H,1-3H3,(H,11,14)/b12-8+. The van der Waals surface area contributed by atoms with Gasteiger partial charge in [0.1, 0.15) is 0 Å². The van der Waals surface area contributed by atoms with Crippen LogP contribution < -0.4 is 15.4 Å². The van der Waals surface area contributed by atoms with E-state index in [1.807, 2.05) is 13.8 Å². The third-order valence-electron chi connectivity index (χ3n) is 1.74. The molecule has 0 aromatic carbocycles. The Balaban J connectivity index is 2.95. The molecule has 2 N–H and O–H groups in total. The van der Waals surface area contributed by atoms with Gasteiger partial charge in [-0.2, -0.15) is 9.72 Å². The minimum absolute atomic E-state index is 0.0321. The van der Waals surface area contributed by atoms with Crippen LogP contribution in [-0.4, -0.2) is 29.1 Å². The van der Waals surface area contributed by atoms with Crippen molar-refractivity contribution in [2.24, 2.45) is 4.99 Å². The molecule has 6 heteroatoms. The predicted octanol–water partition coefficient (Wildman–Crippen LogP) is 0.753. The number of nitrogens with zero attached hydrogens (tertiary/aromatic N) is 2. The summed E-state index contributed by atoms with van der Waals surface area (Å²) in [7, 11) is 1.42. The lowest BCUT2D eigenvalue weighted by molar-refractivity contribution is 0.149. The van der Waals surface area contributed by atoms with Crippen LogP contribution in [0.4, 0.5) is 4.79 Å². The van der Waals surface area contributed by atoms with E-state index in [-0.39, 0.29) is 11.9 Å². The minimum Gasteiger partial charge on any atom is -0.480 e. The number of carbonyl (C=O) groups excluding carboxylic acids is 1. The fraction of sp³-hybridized carbons (Fsp3) is 0.400. The highest BCUT2D eigenvalue weighted by Crippen LogP contribution is 2.02. The molecule has 6 nitrogen and oxygen atoms in total. The van der Waals surface area contributed by atoms with Crippen LogP contribution >= 0.6 is 0 Å². The van der Waals surface area contributed by atoms with Crippen molar-refractivity contribution in [2.45, 2.75) is 19.9 Å². The molecule has 0 aliphatic rings. The van der Waals surface area contributed by atoms with Gasteiger partial charge in [0.15, 0.2) is 0 Å². The normalized spacial score (nSPS) is 11.6. The monoisotopic (exact) mass is 225 g/mol. The Hall–Kier alpha value is -1.98. The van der Waals surface area contributed by atoms with E-state index in [1.165, 1.54) is 25.4 Å². The Kier molecular flexibility index (Phi) is 3.93. The molecule has 0 aliphatic heterocycles. The first-order valence-corrected chi connectivity index (χ1v) is 4.84. The van der Waals surface area contributed by atoms with Gasteiger partial charge < -0.3 is 15.3 Å². The number of amides is 2. The Morgan fingerprint density at radius 3 is 2.88 bits per heavy atom. The average molecular weight is 225 g/mol. The first-order chi connectivity index (χ1) is 7.52. The van der Waals surface area contributed by atoms with E-state index in [0.29, 0.717) is 5.36 Å². The van der Waals surface area contributed by atoms with E-state index in [0.717, 1.165) is 4.73 Å². The van der Waals surface area contributed by atoms with Crippen molar-refractivity contribution in [1.82, 2.24) is 10.0 Å². The Bertz CT molecular complexity index is 437. The zero-order valence-electron chi connectivity index (χ0n) is 9.47. The molecule has 0 bridgehead atoms. The van der Waals surface area contributed by atoms with Gasteiger partial charge in [0.05, 0.1) is 12.5 Å². The van der Waals surface area contributed by atoms with Gasteiger partial charge >= 0.3 is 6.03 Å². The summed E-state index contributed by atoms with van der Waals surface area (Å²) in [6.45, 7) is 3.70. The molecule has 0 saturated carbocycles. The van der Waals surface area contributed by atoms with Crippen LogP contribution in [0.15, 0.2) is 23.3 Å². The number of pyridine rings is 1. The predicted molar refractivity (Wildman–Crippen MR) is 57.4 cm³/mol. The lowest BCUT2D eigenvalue weighted by atomic mass is 10.4. The molecular weight excluding hydrogens is 210 g/mol. The number of ether oxygens (including phenoxy) is 1. The molecule has 1 heterocycles. The maximum atomic E-state index is 11.3. The topological polar surface area (TPSA) is 75.8 Å². The van der Waals surface area contributed by atoms with Crippen molar-refractivity contribution in [3.8, 4) is 5.88 Å². The second-order valence-electron chi connectivity index (χ2n) is 3.49. The Labute approximate surface area is 93.2 Å².